The Morgan fingerprint density at radius 3 is 2.07 bits per heavy atom. The Labute approximate surface area is 256 Å². The van der Waals surface area contributed by atoms with Gasteiger partial charge >= 0.3 is 5.63 Å². The van der Waals surface area contributed by atoms with E-state index < -0.39 is 0 Å². The van der Waals surface area contributed by atoms with Gasteiger partial charge in [-0.25, -0.2) is 4.79 Å². The minimum Gasteiger partial charge on any atom is -0.422 e. The summed E-state index contributed by atoms with van der Waals surface area (Å²) in [5.41, 5.74) is 12.1. The van der Waals surface area contributed by atoms with Crippen molar-refractivity contribution in [3.8, 4) is 33.4 Å². The highest BCUT2D eigenvalue weighted by Gasteiger charge is 2.35. The Bertz CT molecular complexity index is 2300. The second kappa shape index (κ2) is 9.82. The molecule has 0 fully saturated rings. The van der Waals surface area contributed by atoms with Crippen LogP contribution in [0.1, 0.15) is 25.0 Å². The second-order valence-electron chi connectivity index (χ2n) is 12.2. The number of nitrogens with zero attached hydrogens (tertiary/aromatic N) is 1. The van der Waals surface area contributed by atoms with Gasteiger partial charge in [0.25, 0.3) is 0 Å². The summed E-state index contributed by atoms with van der Waals surface area (Å²) in [6.07, 6.45) is 0. The van der Waals surface area contributed by atoms with Crippen molar-refractivity contribution < 1.29 is 4.42 Å². The summed E-state index contributed by atoms with van der Waals surface area (Å²) in [6, 6.07) is 46.5. The molecule has 44 heavy (non-hydrogen) atoms. The Kier molecular flexibility index (Phi) is 5.85. The van der Waals surface area contributed by atoms with Crippen molar-refractivity contribution in [1.82, 2.24) is 0 Å². The van der Waals surface area contributed by atoms with Gasteiger partial charge in [-0.3, -0.25) is 0 Å². The molecule has 3 nitrogen and oxygen atoms in total. The quantitative estimate of drug-likeness (QED) is 0.156. The lowest BCUT2D eigenvalue weighted by molar-refractivity contribution is 0.569. The normalized spacial score (nSPS) is 13.2. The first-order valence-corrected chi connectivity index (χ1v) is 15.0. The van der Waals surface area contributed by atoms with Crippen LogP contribution in [-0.2, 0) is 5.41 Å². The first kappa shape index (κ1) is 26.2. The molecular formula is C41H31NO2. The molecule has 1 aliphatic carbocycles. The third-order valence-corrected chi connectivity index (χ3v) is 9.35. The van der Waals surface area contributed by atoms with Gasteiger partial charge in [0.1, 0.15) is 5.58 Å². The molecule has 6 aromatic carbocycles. The van der Waals surface area contributed by atoms with Crippen LogP contribution >= 0.6 is 0 Å². The highest BCUT2D eigenvalue weighted by molar-refractivity contribution is 6.05. The summed E-state index contributed by atoms with van der Waals surface area (Å²) in [5, 5.41) is 2.43. The topological polar surface area (TPSA) is 33.5 Å². The predicted molar refractivity (Wildman–Crippen MR) is 183 cm³/mol. The molecular weight excluding hydrogens is 538 g/mol. The second-order valence-corrected chi connectivity index (χ2v) is 12.2. The highest BCUT2D eigenvalue weighted by atomic mass is 16.4. The van der Waals surface area contributed by atoms with Crippen LogP contribution in [0.15, 0.2) is 143 Å². The van der Waals surface area contributed by atoms with Gasteiger partial charge in [0, 0.05) is 34.8 Å². The molecule has 212 valence electrons. The van der Waals surface area contributed by atoms with Gasteiger partial charge in [-0.05, 0) is 86.8 Å². The minimum atomic E-state index is -0.318. The van der Waals surface area contributed by atoms with E-state index in [1.54, 1.807) is 0 Å². The van der Waals surface area contributed by atoms with Crippen LogP contribution in [0, 0.1) is 0 Å². The van der Waals surface area contributed by atoms with Crippen molar-refractivity contribution in [1.29, 1.82) is 0 Å². The van der Waals surface area contributed by atoms with Crippen molar-refractivity contribution in [2.45, 2.75) is 19.3 Å². The fourth-order valence-electron chi connectivity index (χ4n) is 6.98. The largest absolute Gasteiger partial charge is 0.422 e. The average molecular weight is 570 g/mol. The zero-order valence-corrected chi connectivity index (χ0v) is 25.0. The molecule has 0 saturated heterocycles. The van der Waals surface area contributed by atoms with Gasteiger partial charge in [0.15, 0.2) is 0 Å². The van der Waals surface area contributed by atoms with E-state index >= 15 is 0 Å². The van der Waals surface area contributed by atoms with Crippen molar-refractivity contribution in [3.05, 3.63) is 155 Å². The van der Waals surface area contributed by atoms with Crippen LogP contribution < -0.4 is 10.5 Å². The van der Waals surface area contributed by atoms with Gasteiger partial charge in [-0.15, -0.1) is 0 Å². The third kappa shape index (κ3) is 4.00. The fraction of sp³-hybridized carbons (Fsp3) is 0.0976. The monoisotopic (exact) mass is 569 g/mol. The van der Waals surface area contributed by atoms with E-state index in [-0.39, 0.29) is 11.0 Å². The summed E-state index contributed by atoms with van der Waals surface area (Å²) >= 11 is 0. The molecule has 1 aliphatic rings. The van der Waals surface area contributed by atoms with E-state index in [0.29, 0.717) is 11.0 Å². The molecule has 0 saturated carbocycles. The van der Waals surface area contributed by atoms with E-state index in [1.165, 1.54) is 22.3 Å². The Balaban J connectivity index is 1.32. The molecule has 0 spiro atoms. The first-order chi connectivity index (χ1) is 21.4. The third-order valence-electron chi connectivity index (χ3n) is 9.35. The predicted octanol–water partition coefficient (Wildman–Crippen LogP) is 10.4. The molecule has 1 aromatic heterocycles. The maximum absolute atomic E-state index is 13.1. The molecule has 7 aromatic rings. The van der Waals surface area contributed by atoms with Crippen LogP contribution in [-0.4, -0.2) is 7.05 Å². The van der Waals surface area contributed by atoms with Crippen molar-refractivity contribution >= 4 is 33.1 Å². The van der Waals surface area contributed by atoms with E-state index in [2.05, 4.69) is 117 Å². The molecule has 0 unspecified atom stereocenters. The van der Waals surface area contributed by atoms with E-state index in [1.807, 2.05) is 42.5 Å². The molecule has 8 rings (SSSR count). The lowest BCUT2D eigenvalue weighted by Crippen LogP contribution is -2.14. The Morgan fingerprint density at radius 1 is 0.545 bits per heavy atom. The zero-order valence-electron chi connectivity index (χ0n) is 25.0. The van der Waals surface area contributed by atoms with E-state index in [4.69, 9.17) is 4.42 Å². The maximum atomic E-state index is 13.1. The van der Waals surface area contributed by atoms with E-state index in [9.17, 15) is 4.79 Å². The molecule has 0 atom stereocenters. The van der Waals surface area contributed by atoms with Gasteiger partial charge < -0.3 is 9.32 Å². The zero-order chi connectivity index (χ0) is 30.0. The molecule has 1 heterocycles. The SMILES string of the molecule is CN(c1ccccc1)c1ccc(-c2ccc3c(c2)c(=O)oc2ccccc23)cc1-c1ccc2c(c1)-c1ccccc1C2(C)C. The summed E-state index contributed by atoms with van der Waals surface area (Å²) in [5.74, 6) is 0. The van der Waals surface area contributed by atoms with Crippen LogP contribution in [0.3, 0.4) is 0 Å². The summed E-state index contributed by atoms with van der Waals surface area (Å²) in [6.45, 7) is 4.62. The molecule has 0 radical (unpaired) electrons. The van der Waals surface area contributed by atoms with Crippen molar-refractivity contribution in [2.24, 2.45) is 0 Å². The van der Waals surface area contributed by atoms with Crippen molar-refractivity contribution in [2.75, 3.05) is 11.9 Å². The highest BCUT2D eigenvalue weighted by Crippen LogP contribution is 2.50. The minimum absolute atomic E-state index is 0.0493. The Morgan fingerprint density at radius 2 is 1.20 bits per heavy atom. The van der Waals surface area contributed by atoms with Gasteiger partial charge in [0.2, 0.25) is 0 Å². The average Bonchev–Trinajstić information content (AvgIpc) is 3.30. The van der Waals surface area contributed by atoms with Gasteiger partial charge in [-0.2, -0.15) is 0 Å². The number of anilines is 2. The maximum Gasteiger partial charge on any atom is 0.344 e. The van der Waals surface area contributed by atoms with Gasteiger partial charge in [0.05, 0.1) is 5.39 Å². The Hall–Kier alpha value is -5.41. The summed E-state index contributed by atoms with van der Waals surface area (Å²) < 4.78 is 5.68. The lowest BCUT2D eigenvalue weighted by atomic mass is 9.82. The number of para-hydroxylation sites is 2. The first-order valence-electron chi connectivity index (χ1n) is 15.0. The number of hydrogen-bond donors (Lipinski definition) is 0. The summed E-state index contributed by atoms with van der Waals surface area (Å²) in [7, 11) is 2.12. The molecule has 0 amide bonds. The smallest absolute Gasteiger partial charge is 0.344 e. The van der Waals surface area contributed by atoms with Gasteiger partial charge in [-0.1, -0.05) is 105 Å². The molecule has 0 aliphatic heterocycles. The number of fused-ring (bicyclic) bond motifs is 6. The summed E-state index contributed by atoms with van der Waals surface area (Å²) in [4.78, 5) is 15.3. The standard InChI is InChI=1S/C41H31NO2/c1-41(2)36-15-9-7-13-31(36)34-25-28(18-21-37(34)41)33-23-27(19-22-38(33)42(3)29-11-5-4-6-12-29)26-17-20-30-32-14-8-10-16-39(32)44-40(43)35(30)24-26/h4-25H,1-3H3. The number of hydrogen-bond acceptors (Lipinski definition) is 3. The molecule has 0 bridgehead atoms. The number of rotatable bonds is 4. The molecule has 0 N–H and O–H groups in total. The van der Waals surface area contributed by atoms with Crippen molar-refractivity contribution in [3.63, 3.8) is 0 Å². The van der Waals surface area contributed by atoms with Crippen LogP contribution in [0.2, 0.25) is 0 Å². The fourth-order valence-corrected chi connectivity index (χ4v) is 6.98. The van der Waals surface area contributed by atoms with Crippen LogP contribution in [0.25, 0.3) is 55.1 Å². The molecule has 3 heteroatoms. The van der Waals surface area contributed by atoms with E-state index in [0.717, 1.165) is 44.4 Å². The van der Waals surface area contributed by atoms with Crippen LogP contribution in [0.5, 0.6) is 0 Å². The number of benzene rings is 6. The van der Waals surface area contributed by atoms with Crippen LogP contribution in [0.4, 0.5) is 11.4 Å². The lowest BCUT2D eigenvalue weighted by Gasteiger charge is -2.25.